The van der Waals surface area contributed by atoms with Crippen molar-refractivity contribution in [3.63, 3.8) is 0 Å². The van der Waals surface area contributed by atoms with Crippen LogP contribution in [0.25, 0.3) is 0 Å². The van der Waals surface area contributed by atoms with Crippen molar-refractivity contribution in [1.29, 1.82) is 0 Å². The lowest BCUT2D eigenvalue weighted by Crippen LogP contribution is -2.32. The number of carbonyl (C=O) groups excluding carboxylic acids is 2. The number of benzene rings is 2. The van der Waals surface area contributed by atoms with Crippen LogP contribution >= 0.6 is 22.9 Å². The van der Waals surface area contributed by atoms with E-state index in [-0.39, 0.29) is 10.6 Å². The number of hydrogen-bond donors (Lipinski definition) is 2. The smallest absolute Gasteiger partial charge is 0.338 e. The molecule has 3 N–H and O–H groups in total. The van der Waals surface area contributed by atoms with E-state index in [9.17, 15) is 22.4 Å². The summed E-state index contributed by atoms with van der Waals surface area (Å²) in [7, 11) is -4.14. The molecule has 3 rings (SSSR count). The van der Waals surface area contributed by atoms with Crippen molar-refractivity contribution in [2.75, 3.05) is 6.61 Å². The van der Waals surface area contributed by atoms with Crippen molar-refractivity contribution >= 4 is 44.8 Å². The molecule has 0 saturated carbocycles. The molecule has 11 heteroatoms. The number of amides is 1. The maximum absolute atomic E-state index is 13.3. The Morgan fingerprint density at radius 2 is 1.87 bits per heavy atom. The fourth-order valence-corrected chi connectivity index (χ4v) is 4.57. The third-order valence-electron chi connectivity index (χ3n) is 4.14. The van der Waals surface area contributed by atoms with Gasteiger partial charge in [-0.05, 0) is 47.3 Å². The number of ether oxygens (including phenoxy) is 1. The Balaban J connectivity index is 1.69. The molecule has 31 heavy (non-hydrogen) atoms. The van der Waals surface area contributed by atoms with E-state index in [4.69, 9.17) is 21.5 Å². The zero-order valence-electron chi connectivity index (χ0n) is 15.7. The van der Waals surface area contributed by atoms with Crippen molar-refractivity contribution in [2.45, 2.75) is 10.9 Å². The number of esters is 1. The van der Waals surface area contributed by atoms with Gasteiger partial charge in [-0.15, -0.1) is 11.3 Å². The third kappa shape index (κ3) is 5.88. The molecule has 0 radical (unpaired) electrons. The summed E-state index contributed by atoms with van der Waals surface area (Å²) in [5, 5.41) is 9.50. The van der Waals surface area contributed by atoms with E-state index in [0.717, 1.165) is 10.9 Å². The average molecular weight is 483 g/mol. The minimum atomic E-state index is -4.14. The summed E-state index contributed by atoms with van der Waals surface area (Å²) in [6, 6.07) is 12.2. The summed E-state index contributed by atoms with van der Waals surface area (Å²) in [6.07, 6.45) is 0. The normalized spacial score (nSPS) is 12.2. The predicted molar refractivity (Wildman–Crippen MR) is 114 cm³/mol. The number of nitrogens with one attached hydrogen (secondary N) is 1. The maximum atomic E-state index is 13.3. The first-order chi connectivity index (χ1) is 14.6. The topological polar surface area (TPSA) is 116 Å². The summed E-state index contributed by atoms with van der Waals surface area (Å²) in [4.78, 5) is 25.0. The van der Waals surface area contributed by atoms with E-state index >= 15 is 0 Å². The highest BCUT2D eigenvalue weighted by Gasteiger charge is 2.21. The lowest BCUT2D eigenvalue weighted by atomic mass is 10.1. The van der Waals surface area contributed by atoms with Crippen LogP contribution in [0.3, 0.4) is 0 Å². The van der Waals surface area contributed by atoms with Crippen molar-refractivity contribution in [1.82, 2.24) is 5.32 Å². The van der Waals surface area contributed by atoms with Crippen LogP contribution in [-0.2, 0) is 19.6 Å². The molecule has 1 unspecified atom stereocenters. The van der Waals surface area contributed by atoms with Gasteiger partial charge in [0.2, 0.25) is 10.0 Å². The number of sulfonamides is 1. The molecule has 0 fully saturated rings. The minimum Gasteiger partial charge on any atom is -0.452 e. The second-order valence-corrected chi connectivity index (χ2v) is 9.25. The van der Waals surface area contributed by atoms with Crippen molar-refractivity contribution < 1.29 is 27.1 Å². The van der Waals surface area contributed by atoms with E-state index in [1.807, 2.05) is 17.5 Å². The second kappa shape index (κ2) is 9.56. The van der Waals surface area contributed by atoms with E-state index < -0.39 is 45.3 Å². The third-order valence-corrected chi connectivity index (χ3v) is 6.47. The Labute approximate surface area is 186 Å². The van der Waals surface area contributed by atoms with Crippen molar-refractivity contribution in [3.8, 4) is 0 Å². The van der Waals surface area contributed by atoms with Crippen LogP contribution in [0.2, 0.25) is 5.02 Å². The monoisotopic (exact) mass is 482 g/mol. The first-order valence-corrected chi connectivity index (χ1v) is 11.5. The van der Waals surface area contributed by atoms with Crippen molar-refractivity contribution in [3.05, 3.63) is 86.8 Å². The lowest BCUT2D eigenvalue weighted by molar-refractivity contribution is -0.124. The van der Waals surface area contributed by atoms with Gasteiger partial charge in [-0.25, -0.2) is 22.7 Å². The molecule has 1 atom stereocenters. The van der Waals surface area contributed by atoms with E-state index in [1.165, 1.54) is 35.6 Å². The van der Waals surface area contributed by atoms with Crippen LogP contribution < -0.4 is 10.5 Å². The van der Waals surface area contributed by atoms with Gasteiger partial charge in [-0.3, -0.25) is 4.79 Å². The van der Waals surface area contributed by atoms with Crippen LogP contribution in [-0.4, -0.2) is 26.9 Å². The number of carbonyl (C=O) groups is 2. The average Bonchev–Trinajstić information content (AvgIpc) is 3.25. The van der Waals surface area contributed by atoms with Crippen LogP contribution in [0, 0.1) is 5.82 Å². The van der Waals surface area contributed by atoms with Crippen LogP contribution in [0.1, 0.15) is 26.8 Å². The van der Waals surface area contributed by atoms with Gasteiger partial charge in [0.05, 0.1) is 16.6 Å². The zero-order valence-corrected chi connectivity index (χ0v) is 18.1. The van der Waals surface area contributed by atoms with Gasteiger partial charge in [0.15, 0.2) is 6.61 Å². The largest absolute Gasteiger partial charge is 0.452 e. The second-order valence-electron chi connectivity index (χ2n) is 6.33. The summed E-state index contributed by atoms with van der Waals surface area (Å²) < 4.78 is 41.3. The Morgan fingerprint density at radius 1 is 1.16 bits per heavy atom. The molecular weight excluding hydrogens is 467 g/mol. The molecule has 0 saturated heterocycles. The number of primary sulfonamides is 1. The molecule has 2 aromatic carbocycles. The molecule has 162 valence electrons. The molecule has 0 aliphatic heterocycles. The fourth-order valence-electron chi connectivity index (χ4n) is 2.69. The molecule has 1 aromatic heterocycles. The number of thiophene rings is 1. The number of hydrogen-bond acceptors (Lipinski definition) is 6. The number of halogens is 2. The maximum Gasteiger partial charge on any atom is 0.338 e. The Kier molecular flexibility index (Phi) is 7.06. The van der Waals surface area contributed by atoms with Crippen LogP contribution in [0.5, 0.6) is 0 Å². The van der Waals surface area contributed by atoms with Gasteiger partial charge >= 0.3 is 5.97 Å². The summed E-state index contributed by atoms with van der Waals surface area (Å²) in [5.74, 6) is -1.93. The lowest BCUT2D eigenvalue weighted by Gasteiger charge is -2.18. The molecule has 0 spiro atoms. The first kappa shape index (κ1) is 22.9. The number of rotatable bonds is 7. The van der Waals surface area contributed by atoms with Crippen LogP contribution in [0.4, 0.5) is 4.39 Å². The van der Waals surface area contributed by atoms with Gasteiger partial charge in [-0.1, -0.05) is 29.8 Å². The van der Waals surface area contributed by atoms with Gasteiger partial charge < -0.3 is 10.1 Å². The standard InChI is InChI=1S/C20H16ClFN2O5S2/c21-15-8-5-13(10-17(15)31(23,27)28)20(26)29-11-18(25)24-19(16-2-1-9-30-16)12-3-6-14(22)7-4-12/h1-10,19H,11H2,(H,24,25)(H2,23,27,28). The van der Waals surface area contributed by atoms with Crippen molar-refractivity contribution in [2.24, 2.45) is 5.14 Å². The molecule has 7 nitrogen and oxygen atoms in total. The molecule has 0 bridgehead atoms. The SMILES string of the molecule is NS(=O)(=O)c1cc(C(=O)OCC(=O)NC(c2ccc(F)cc2)c2cccs2)ccc1Cl. The van der Waals surface area contributed by atoms with E-state index in [2.05, 4.69) is 5.32 Å². The molecule has 3 aromatic rings. The highest BCUT2D eigenvalue weighted by molar-refractivity contribution is 7.89. The molecule has 1 heterocycles. The summed E-state index contributed by atoms with van der Waals surface area (Å²) in [6.45, 7) is -0.616. The molecular formula is C20H16ClFN2O5S2. The zero-order chi connectivity index (χ0) is 22.6. The highest BCUT2D eigenvalue weighted by Crippen LogP contribution is 2.26. The highest BCUT2D eigenvalue weighted by atomic mass is 35.5. The summed E-state index contributed by atoms with van der Waals surface area (Å²) >= 11 is 7.19. The van der Waals surface area contributed by atoms with Crippen LogP contribution in [0.15, 0.2) is 64.9 Å². The summed E-state index contributed by atoms with van der Waals surface area (Å²) in [5.41, 5.74) is 0.522. The Hall–Kier alpha value is -2.79. The fraction of sp³-hybridized carbons (Fsp3) is 0.100. The first-order valence-electron chi connectivity index (χ1n) is 8.73. The molecule has 0 aliphatic carbocycles. The van der Waals surface area contributed by atoms with Gasteiger partial charge in [0, 0.05) is 4.88 Å². The van der Waals surface area contributed by atoms with E-state index in [1.54, 1.807) is 12.1 Å². The molecule has 1 amide bonds. The Morgan fingerprint density at radius 3 is 2.48 bits per heavy atom. The molecule has 0 aliphatic rings. The van der Waals surface area contributed by atoms with Gasteiger partial charge in [-0.2, -0.15) is 0 Å². The predicted octanol–water partition coefficient (Wildman–Crippen LogP) is 3.25. The number of nitrogens with two attached hydrogens (primary N) is 1. The van der Waals surface area contributed by atoms with Gasteiger partial charge in [0.1, 0.15) is 10.7 Å². The quantitative estimate of drug-likeness (QED) is 0.501. The minimum absolute atomic E-state index is 0.130. The van der Waals surface area contributed by atoms with E-state index in [0.29, 0.717) is 5.56 Å². The van der Waals surface area contributed by atoms with Gasteiger partial charge in [0.25, 0.3) is 5.91 Å². The Bertz CT molecular complexity index is 1200.